The van der Waals surface area contributed by atoms with Crippen molar-refractivity contribution in [2.24, 2.45) is 0 Å². The third-order valence-corrected chi connectivity index (χ3v) is 4.62. The van der Waals surface area contributed by atoms with Crippen molar-refractivity contribution in [3.8, 4) is 0 Å². The van der Waals surface area contributed by atoms with Gasteiger partial charge >= 0.3 is 0 Å². The van der Waals surface area contributed by atoms with Crippen LogP contribution in [0.3, 0.4) is 0 Å². The Morgan fingerprint density at radius 1 is 0.963 bits per heavy atom. The van der Waals surface area contributed by atoms with E-state index in [2.05, 4.69) is 0 Å². The first-order valence-electron chi connectivity index (χ1n) is 9.02. The molecule has 0 radical (unpaired) electrons. The van der Waals surface area contributed by atoms with Crippen molar-refractivity contribution >= 4 is 28.5 Å². The van der Waals surface area contributed by atoms with Gasteiger partial charge in [-0.05, 0) is 36.8 Å². The summed E-state index contributed by atoms with van der Waals surface area (Å²) in [6.45, 7) is 1.11. The number of carbonyl (C=O) groups excluding carboxylic acids is 3. The van der Waals surface area contributed by atoms with Crippen molar-refractivity contribution in [2.45, 2.75) is 25.7 Å². The molecule has 0 unspecified atom stereocenters. The number of imide groups is 1. The van der Waals surface area contributed by atoms with Gasteiger partial charge in [0.05, 0.1) is 13.0 Å². The van der Waals surface area contributed by atoms with Crippen LogP contribution in [0.1, 0.15) is 46.4 Å². The summed E-state index contributed by atoms with van der Waals surface area (Å²) in [7, 11) is 0. The third kappa shape index (κ3) is 4.15. The molecule has 0 saturated carbocycles. The lowest BCUT2D eigenvalue weighted by atomic mass is 9.94. The van der Waals surface area contributed by atoms with Crippen molar-refractivity contribution in [1.29, 1.82) is 0 Å². The first-order valence-corrected chi connectivity index (χ1v) is 9.02. The van der Waals surface area contributed by atoms with Crippen molar-refractivity contribution in [3.63, 3.8) is 0 Å². The summed E-state index contributed by atoms with van der Waals surface area (Å²) in [5, 5.41) is 10.0. The number of hydrogen-bond acceptors (Lipinski definition) is 5. The Morgan fingerprint density at radius 2 is 1.63 bits per heavy atom. The number of carbonyl (C=O) groups is 3. The summed E-state index contributed by atoms with van der Waals surface area (Å²) in [5.74, 6) is -0.960. The van der Waals surface area contributed by atoms with Gasteiger partial charge in [0.1, 0.15) is 0 Å². The van der Waals surface area contributed by atoms with Crippen LogP contribution in [0.4, 0.5) is 0 Å². The second-order valence-electron chi connectivity index (χ2n) is 6.43. The normalized spacial score (nSPS) is 13.3. The van der Waals surface area contributed by atoms with E-state index in [1.807, 2.05) is 24.3 Å². The second-order valence-corrected chi connectivity index (χ2v) is 6.43. The summed E-state index contributed by atoms with van der Waals surface area (Å²) in [4.78, 5) is 37.6. The molecule has 0 aliphatic carbocycles. The van der Waals surface area contributed by atoms with Gasteiger partial charge in [-0.2, -0.15) is 0 Å². The van der Waals surface area contributed by atoms with E-state index in [9.17, 15) is 14.4 Å². The molecule has 2 aromatic carbocycles. The van der Waals surface area contributed by atoms with Crippen LogP contribution in [0, 0.1) is 0 Å². The lowest BCUT2D eigenvalue weighted by Crippen LogP contribution is -2.40. The van der Waals surface area contributed by atoms with E-state index in [0.717, 1.165) is 23.6 Å². The van der Waals surface area contributed by atoms with E-state index in [-0.39, 0.29) is 24.8 Å². The minimum absolute atomic E-state index is 0.109. The van der Waals surface area contributed by atoms with Gasteiger partial charge in [0.15, 0.2) is 0 Å². The first-order chi connectivity index (χ1) is 13.1. The number of amides is 3. The van der Waals surface area contributed by atoms with E-state index in [0.29, 0.717) is 30.7 Å². The molecule has 1 aliphatic rings. The van der Waals surface area contributed by atoms with Crippen LogP contribution in [-0.4, -0.2) is 47.6 Å². The molecule has 1 aliphatic heterocycles. The maximum absolute atomic E-state index is 12.7. The highest BCUT2D eigenvalue weighted by molar-refractivity contribution is 6.25. The standard InChI is InChI=1S/C20H22N2O5/c23-17(21-26)10-13-27-12-3-1-2-11-22-19(24)15-8-4-6-14-7-5-9-16(18(14)15)20(22)25/h4-9,26H,1-3,10-13H2,(H,21,23). The zero-order chi connectivity index (χ0) is 19.2. The number of unbranched alkanes of at least 4 members (excludes halogenated alkanes) is 2. The summed E-state index contributed by atoms with van der Waals surface area (Å²) < 4.78 is 5.31. The van der Waals surface area contributed by atoms with E-state index < -0.39 is 5.91 Å². The van der Waals surface area contributed by atoms with Crippen molar-refractivity contribution in [2.75, 3.05) is 19.8 Å². The van der Waals surface area contributed by atoms with Gasteiger partial charge in [-0.15, -0.1) is 0 Å². The Kier molecular flexibility index (Phi) is 6.16. The quantitative estimate of drug-likeness (QED) is 0.306. The number of nitrogens with zero attached hydrogens (tertiary/aromatic N) is 1. The highest BCUT2D eigenvalue weighted by atomic mass is 16.5. The molecule has 0 spiro atoms. The SMILES string of the molecule is O=C(CCOCCCCCN1C(=O)c2cccc3cccc(c23)C1=O)NO. The lowest BCUT2D eigenvalue weighted by Gasteiger charge is -2.27. The fourth-order valence-electron chi connectivity index (χ4n) is 3.26. The molecule has 7 heteroatoms. The predicted octanol–water partition coefficient (Wildman–Crippen LogP) is 2.52. The molecule has 142 valence electrons. The Labute approximate surface area is 156 Å². The highest BCUT2D eigenvalue weighted by Crippen LogP contribution is 2.30. The van der Waals surface area contributed by atoms with E-state index in [1.165, 1.54) is 4.90 Å². The summed E-state index contributed by atoms with van der Waals surface area (Å²) in [6.07, 6.45) is 2.37. The minimum atomic E-state index is -0.479. The predicted molar refractivity (Wildman–Crippen MR) is 98.5 cm³/mol. The molecular weight excluding hydrogens is 348 g/mol. The molecule has 1 heterocycles. The minimum Gasteiger partial charge on any atom is -0.381 e. The van der Waals surface area contributed by atoms with Crippen LogP contribution in [0.2, 0.25) is 0 Å². The van der Waals surface area contributed by atoms with Crippen LogP contribution >= 0.6 is 0 Å². The average Bonchev–Trinajstić information content (AvgIpc) is 2.69. The van der Waals surface area contributed by atoms with Crippen LogP contribution < -0.4 is 5.48 Å². The summed E-state index contributed by atoms with van der Waals surface area (Å²) in [5.41, 5.74) is 2.70. The summed E-state index contributed by atoms with van der Waals surface area (Å²) >= 11 is 0. The van der Waals surface area contributed by atoms with Gasteiger partial charge in [0, 0.05) is 29.7 Å². The van der Waals surface area contributed by atoms with Crippen LogP contribution in [0.25, 0.3) is 10.8 Å². The van der Waals surface area contributed by atoms with Crippen LogP contribution in [0.5, 0.6) is 0 Å². The van der Waals surface area contributed by atoms with Crippen LogP contribution in [-0.2, 0) is 9.53 Å². The fourth-order valence-corrected chi connectivity index (χ4v) is 3.26. The Bertz CT molecular complexity index is 814. The molecule has 3 rings (SSSR count). The smallest absolute Gasteiger partial charge is 0.261 e. The van der Waals surface area contributed by atoms with E-state index in [4.69, 9.17) is 9.94 Å². The van der Waals surface area contributed by atoms with Crippen molar-refractivity contribution < 1.29 is 24.3 Å². The Balaban J connectivity index is 1.50. The Morgan fingerprint density at radius 3 is 2.26 bits per heavy atom. The molecule has 3 amide bonds. The van der Waals surface area contributed by atoms with Crippen LogP contribution in [0.15, 0.2) is 36.4 Å². The number of rotatable bonds is 9. The molecule has 2 aromatic rings. The van der Waals surface area contributed by atoms with E-state index in [1.54, 1.807) is 17.6 Å². The summed E-state index contributed by atoms with van der Waals surface area (Å²) in [6, 6.07) is 11.0. The zero-order valence-electron chi connectivity index (χ0n) is 14.9. The maximum atomic E-state index is 12.7. The maximum Gasteiger partial charge on any atom is 0.261 e. The Hall–Kier alpha value is -2.77. The highest BCUT2D eigenvalue weighted by Gasteiger charge is 2.31. The fraction of sp³-hybridized carbons (Fsp3) is 0.350. The number of ether oxygens (including phenoxy) is 1. The first kappa shape index (κ1) is 19.0. The topological polar surface area (TPSA) is 95.9 Å². The monoisotopic (exact) mass is 370 g/mol. The van der Waals surface area contributed by atoms with Gasteiger partial charge < -0.3 is 4.74 Å². The molecule has 7 nitrogen and oxygen atoms in total. The second kappa shape index (κ2) is 8.75. The molecule has 0 fully saturated rings. The molecule has 0 aromatic heterocycles. The third-order valence-electron chi connectivity index (χ3n) is 4.62. The largest absolute Gasteiger partial charge is 0.381 e. The molecule has 0 bridgehead atoms. The number of hydroxylamine groups is 1. The number of benzene rings is 2. The van der Waals surface area contributed by atoms with E-state index >= 15 is 0 Å². The van der Waals surface area contributed by atoms with Gasteiger partial charge in [-0.25, -0.2) is 5.48 Å². The average molecular weight is 370 g/mol. The molecule has 27 heavy (non-hydrogen) atoms. The lowest BCUT2D eigenvalue weighted by molar-refractivity contribution is -0.130. The number of nitrogens with one attached hydrogen (secondary N) is 1. The molecule has 0 atom stereocenters. The van der Waals surface area contributed by atoms with Gasteiger partial charge in [-0.1, -0.05) is 24.3 Å². The zero-order valence-corrected chi connectivity index (χ0v) is 14.9. The molecule has 2 N–H and O–H groups in total. The number of hydrogen-bond donors (Lipinski definition) is 2. The molecule has 0 saturated heterocycles. The van der Waals surface area contributed by atoms with Crippen molar-refractivity contribution in [1.82, 2.24) is 10.4 Å². The van der Waals surface area contributed by atoms with Gasteiger partial charge in [-0.3, -0.25) is 24.5 Å². The van der Waals surface area contributed by atoms with Gasteiger partial charge in [0.2, 0.25) is 5.91 Å². The van der Waals surface area contributed by atoms with Gasteiger partial charge in [0.25, 0.3) is 11.8 Å². The van der Waals surface area contributed by atoms with Crippen molar-refractivity contribution in [3.05, 3.63) is 47.5 Å². The molecular formula is C20H22N2O5.